The zero-order valence-electron chi connectivity index (χ0n) is 15.2. The van der Waals surface area contributed by atoms with Crippen LogP contribution in [0.4, 0.5) is 0 Å². The van der Waals surface area contributed by atoms with E-state index in [0.717, 1.165) is 41.5 Å². The number of benzene rings is 3. The van der Waals surface area contributed by atoms with Gasteiger partial charge in [-0.1, -0.05) is 36.4 Å². The van der Waals surface area contributed by atoms with Gasteiger partial charge in [-0.05, 0) is 60.2 Å². The highest BCUT2D eigenvalue weighted by Crippen LogP contribution is 2.30. The second-order valence-corrected chi connectivity index (χ2v) is 7.23. The van der Waals surface area contributed by atoms with Gasteiger partial charge in [-0.3, -0.25) is 0 Å². The Morgan fingerprint density at radius 2 is 1.81 bits per heavy atom. The topological polar surface area (TPSA) is 39.4 Å². The summed E-state index contributed by atoms with van der Waals surface area (Å²) in [5, 5.41) is 3.46. The van der Waals surface area contributed by atoms with E-state index in [2.05, 4.69) is 37.3 Å². The van der Waals surface area contributed by atoms with Gasteiger partial charge in [0.15, 0.2) is 0 Å². The van der Waals surface area contributed by atoms with Crippen molar-refractivity contribution in [1.29, 1.82) is 0 Å². The first kappa shape index (κ1) is 16.1. The molecule has 1 aliphatic carbocycles. The maximum absolute atomic E-state index is 12.2. The van der Waals surface area contributed by atoms with Crippen molar-refractivity contribution in [3.63, 3.8) is 0 Å². The first-order valence-corrected chi connectivity index (χ1v) is 9.39. The monoisotopic (exact) mass is 356 g/mol. The van der Waals surface area contributed by atoms with E-state index in [1.54, 1.807) is 0 Å². The molecule has 0 saturated carbocycles. The highest BCUT2D eigenvalue weighted by atomic mass is 16.5. The van der Waals surface area contributed by atoms with Crippen molar-refractivity contribution in [2.45, 2.75) is 32.8 Å². The Labute approximate surface area is 157 Å². The van der Waals surface area contributed by atoms with Crippen LogP contribution in [0.1, 0.15) is 28.7 Å². The number of ether oxygens (including phenoxy) is 1. The van der Waals surface area contributed by atoms with Crippen LogP contribution in [0, 0.1) is 6.92 Å². The molecule has 0 atom stereocenters. The third-order valence-electron chi connectivity index (χ3n) is 5.60. The lowest BCUT2D eigenvalue weighted by Crippen LogP contribution is -2.07. The Morgan fingerprint density at radius 1 is 0.963 bits per heavy atom. The number of hydrogen-bond donors (Lipinski definition) is 0. The third kappa shape index (κ3) is 2.71. The van der Waals surface area contributed by atoms with E-state index in [4.69, 9.17) is 9.15 Å². The van der Waals surface area contributed by atoms with Crippen molar-refractivity contribution in [2.75, 3.05) is 0 Å². The molecule has 1 aliphatic rings. The van der Waals surface area contributed by atoms with Crippen LogP contribution >= 0.6 is 0 Å². The first-order valence-electron chi connectivity index (χ1n) is 9.39. The average molecular weight is 356 g/mol. The van der Waals surface area contributed by atoms with Crippen molar-refractivity contribution in [3.8, 4) is 5.75 Å². The number of hydrogen-bond acceptors (Lipinski definition) is 3. The fourth-order valence-electron chi connectivity index (χ4n) is 4.15. The van der Waals surface area contributed by atoms with Gasteiger partial charge in [0.2, 0.25) is 0 Å². The molecule has 3 heteroatoms. The van der Waals surface area contributed by atoms with Gasteiger partial charge in [-0.15, -0.1) is 0 Å². The molecule has 134 valence electrons. The van der Waals surface area contributed by atoms with Crippen LogP contribution < -0.4 is 10.4 Å². The average Bonchev–Trinajstić information content (AvgIpc) is 3.18. The lowest BCUT2D eigenvalue weighted by molar-refractivity contribution is 0.307. The van der Waals surface area contributed by atoms with E-state index in [1.807, 2.05) is 24.3 Å². The SMILES string of the molecule is Cc1ccc2ccccc2c1COc1ccc2c3c(c(=O)oc2c1)CCC3. The van der Waals surface area contributed by atoms with Crippen molar-refractivity contribution in [3.05, 3.63) is 87.3 Å². The minimum absolute atomic E-state index is 0.197. The quantitative estimate of drug-likeness (QED) is 0.466. The molecule has 27 heavy (non-hydrogen) atoms. The Hall–Kier alpha value is -3.07. The summed E-state index contributed by atoms with van der Waals surface area (Å²) < 4.78 is 11.6. The van der Waals surface area contributed by atoms with E-state index >= 15 is 0 Å². The highest BCUT2D eigenvalue weighted by Gasteiger charge is 2.19. The molecule has 0 saturated heterocycles. The van der Waals surface area contributed by atoms with E-state index in [1.165, 1.54) is 21.9 Å². The van der Waals surface area contributed by atoms with Crippen molar-refractivity contribution >= 4 is 21.7 Å². The van der Waals surface area contributed by atoms with Gasteiger partial charge in [0.25, 0.3) is 0 Å². The predicted octanol–water partition coefficient (Wildman–Crippen LogP) is 5.32. The minimum atomic E-state index is -0.197. The first-order chi connectivity index (χ1) is 13.2. The van der Waals surface area contributed by atoms with Crippen molar-refractivity contribution in [2.24, 2.45) is 0 Å². The van der Waals surface area contributed by atoms with E-state index < -0.39 is 0 Å². The third-order valence-corrected chi connectivity index (χ3v) is 5.60. The van der Waals surface area contributed by atoms with Crippen molar-refractivity contribution < 1.29 is 9.15 Å². The molecule has 0 bridgehead atoms. The smallest absolute Gasteiger partial charge is 0.339 e. The molecule has 0 amide bonds. The van der Waals surface area contributed by atoms with Gasteiger partial charge >= 0.3 is 5.63 Å². The normalized spacial score (nSPS) is 13.2. The molecule has 0 N–H and O–H groups in total. The second kappa shape index (κ2) is 6.27. The zero-order chi connectivity index (χ0) is 18.4. The summed E-state index contributed by atoms with van der Waals surface area (Å²) >= 11 is 0. The summed E-state index contributed by atoms with van der Waals surface area (Å²) in [4.78, 5) is 12.2. The summed E-state index contributed by atoms with van der Waals surface area (Å²) in [5.41, 5.74) is 4.81. The number of rotatable bonds is 3. The summed E-state index contributed by atoms with van der Waals surface area (Å²) in [6.45, 7) is 2.59. The summed E-state index contributed by atoms with van der Waals surface area (Å²) in [6.07, 6.45) is 2.80. The maximum Gasteiger partial charge on any atom is 0.339 e. The van der Waals surface area contributed by atoms with Gasteiger partial charge in [0.1, 0.15) is 17.9 Å². The molecule has 5 rings (SSSR count). The fraction of sp³-hybridized carbons (Fsp3) is 0.208. The van der Waals surface area contributed by atoms with Crippen LogP contribution in [0.15, 0.2) is 63.8 Å². The van der Waals surface area contributed by atoms with Gasteiger partial charge in [0.05, 0.1) is 0 Å². The van der Waals surface area contributed by atoms with Crippen LogP contribution in [-0.2, 0) is 19.4 Å². The molecule has 0 fully saturated rings. The zero-order valence-corrected chi connectivity index (χ0v) is 15.2. The maximum atomic E-state index is 12.2. The van der Waals surface area contributed by atoms with Gasteiger partial charge < -0.3 is 9.15 Å². The fourth-order valence-corrected chi connectivity index (χ4v) is 4.15. The minimum Gasteiger partial charge on any atom is -0.489 e. The molecule has 0 aliphatic heterocycles. The van der Waals surface area contributed by atoms with E-state index in [9.17, 15) is 4.79 Å². The standard InChI is InChI=1S/C24H20O3/c1-15-9-10-16-5-2-3-6-18(16)22(15)14-26-17-11-12-20-19-7-4-8-21(19)24(25)27-23(20)13-17/h2-3,5-6,9-13H,4,7-8,14H2,1H3. The number of aryl methyl sites for hydroxylation is 2. The number of fused-ring (bicyclic) bond motifs is 4. The Morgan fingerprint density at radius 3 is 2.74 bits per heavy atom. The molecule has 0 spiro atoms. The van der Waals surface area contributed by atoms with E-state index in [-0.39, 0.29) is 5.63 Å². The molecule has 0 unspecified atom stereocenters. The summed E-state index contributed by atoms with van der Waals surface area (Å²) in [7, 11) is 0. The molecule has 1 heterocycles. The molecule has 3 nitrogen and oxygen atoms in total. The molecule has 3 aromatic carbocycles. The summed E-state index contributed by atoms with van der Waals surface area (Å²) in [6, 6.07) is 18.4. The van der Waals surface area contributed by atoms with Crippen molar-refractivity contribution in [1.82, 2.24) is 0 Å². The largest absolute Gasteiger partial charge is 0.489 e. The van der Waals surface area contributed by atoms with Gasteiger partial charge in [0, 0.05) is 22.6 Å². The van der Waals surface area contributed by atoms with Crippen LogP contribution in [-0.4, -0.2) is 0 Å². The predicted molar refractivity (Wildman–Crippen MR) is 108 cm³/mol. The molecule has 0 radical (unpaired) electrons. The molecule has 4 aromatic rings. The molecular formula is C24H20O3. The van der Waals surface area contributed by atoms with E-state index in [0.29, 0.717) is 12.2 Å². The van der Waals surface area contributed by atoms with Gasteiger partial charge in [-0.25, -0.2) is 4.79 Å². The Bertz CT molecular complexity index is 1230. The second-order valence-electron chi connectivity index (χ2n) is 7.23. The lowest BCUT2D eigenvalue weighted by atomic mass is 10.0. The lowest BCUT2D eigenvalue weighted by Gasteiger charge is -2.13. The van der Waals surface area contributed by atoms with Crippen LogP contribution in [0.5, 0.6) is 5.75 Å². The Balaban J connectivity index is 1.50. The van der Waals surface area contributed by atoms with Crippen LogP contribution in [0.3, 0.4) is 0 Å². The molecule has 1 aromatic heterocycles. The Kier molecular flexibility index (Phi) is 3.75. The highest BCUT2D eigenvalue weighted by molar-refractivity contribution is 5.87. The summed E-state index contributed by atoms with van der Waals surface area (Å²) in [5.74, 6) is 0.718. The van der Waals surface area contributed by atoms with Crippen LogP contribution in [0.25, 0.3) is 21.7 Å². The molecular weight excluding hydrogens is 336 g/mol. The van der Waals surface area contributed by atoms with Crippen LogP contribution in [0.2, 0.25) is 0 Å². The van der Waals surface area contributed by atoms with Gasteiger partial charge in [-0.2, -0.15) is 0 Å².